The van der Waals surface area contributed by atoms with Gasteiger partial charge in [0.2, 0.25) is 0 Å². The summed E-state index contributed by atoms with van der Waals surface area (Å²) in [6.45, 7) is 2.96. The van der Waals surface area contributed by atoms with E-state index in [9.17, 15) is 0 Å². The molecule has 0 saturated carbocycles. The van der Waals surface area contributed by atoms with Gasteiger partial charge in [0.15, 0.2) is 0 Å². The number of halogens is 1. The predicted octanol–water partition coefficient (Wildman–Crippen LogP) is 5.00. The average Bonchev–Trinajstić information content (AvgIpc) is 2.87. The third-order valence-corrected chi connectivity index (χ3v) is 4.89. The Labute approximate surface area is 133 Å². The van der Waals surface area contributed by atoms with Crippen molar-refractivity contribution >= 4 is 34.3 Å². The Balaban J connectivity index is 2.02. The van der Waals surface area contributed by atoms with Gasteiger partial charge < -0.3 is 10.3 Å². The molecule has 0 amide bonds. The lowest BCUT2D eigenvalue weighted by Gasteiger charge is -2.09. The van der Waals surface area contributed by atoms with Gasteiger partial charge in [-0.3, -0.25) is 0 Å². The van der Waals surface area contributed by atoms with Gasteiger partial charge in [-0.15, -0.1) is 0 Å². The van der Waals surface area contributed by atoms with Crippen LogP contribution in [0.1, 0.15) is 11.1 Å². The molecule has 0 fully saturated rings. The van der Waals surface area contributed by atoms with Crippen LogP contribution >= 0.6 is 23.4 Å². The highest BCUT2D eigenvalue weighted by Crippen LogP contribution is 2.37. The van der Waals surface area contributed by atoms with E-state index in [2.05, 4.69) is 47.7 Å². The summed E-state index contributed by atoms with van der Waals surface area (Å²) in [5.41, 5.74) is 3.73. The zero-order valence-electron chi connectivity index (χ0n) is 12.0. The Kier molecular flexibility index (Phi) is 4.24. The van der Waals surface area contributed by atoms with E-state index < -0.39 is 0 Å². The number of H-pyrrole nitrogens is 1. The highest BCUT2D eigenvalue weighted by atomic mass is 35.5. The Morgan fingerprint density at radius 3 is 2.86 bits per heavy atom. The van der Waals surface area contributed by atoms with Crippen LogP contribution < -0.4 is 5.32 Å². The van der Waals surface area contributed by atoms with Crippen LogP contribution in [0.3, 0.4) is 0 Å². The van der Waals surface area contributed by atoms with Gasteiger partial charge in [-0.1, -0.05) is 47.6 Å². The summed E-state index contributed by atoms with van der Waals surface area (Å²) in [5, 5.41) is 5.24. The zero-order valence-corrected chi connectivity index (χ0v) is 13.6. The van der Waals surface area contributed by atoms with E-state index in [-0.39, 0.29) is 0 Å². The molecule has 108 valence electrons. The van der Waals surface area contributed by atoms with Crippen molar-refractivity contribution in [2.45, 2.75) is 23.3 Å². The molecular weight excluding hydrogens is 300 g/mol. The number of aromatic amines is 1. The lowest BCUT2D eigenvalue weighted by molar-refractivity contribution is 0.803. The largest absolute Gasteiger partial charge is 0.360 e. The number of aryl methyl sites for hydroxylation is 1. The molecule has 2 aromatic carbocycles. The highest BCUT2D eigenvalue weighted by molar-refractivity contribution is 7.99. The van der Waals surface area contributed by atoms with Crippen LogP contribution in [0.25, 0.3) is 10.9 Å². The number of fused-ring (bicyclic) bond motifs is 1. The second kappa shape index (κ2) is 6.14. The first-order chi connectivity index (χ1) is 10.2. The topological polar surface area (TPSA) is 27.8 Å². The first-order valence-corrected chi connectivity index (χ1v) is 8.06. The summed E-state index contributed by atoms with van der Waals surface area (Å²) >= 11 is 7.92. The smallest absolute Gasteiger partial charge is 0.0495 e. The molecule has 3 aromatic rings. The van der Waals surface area contributed by atoms with Crippen molar-refractivity contribution in [1.82, 2.24) is 10.3 Å². The van der Waals surface area contributed by atoms with Crippen LogP contribution in [-0.4, -0.2) is 12.0 Å². The summed E-state index contributed by atoms with van der Waals surface area (Å²) in [4.78, 5) is 5.80. The number of benzene rings is 2. The van der Waals surface area contributed by atoms with E-state index in [1.54, 1.807) is 11.8 Å². The summed E-state index contributed by atoms with van der Waals surface area (Å²) in [7, 11) is 1.96. The van der Waals surface area contributed by atoms with Crippen molar-refractivity contribution in [3.05, 3.63) is 58.7 Å². The van der Waals surface area contributed by atoms with Crippen LogP contribution in [0.4, 0.5) is 0 Å². The summed E-state index contributed by atoms with van der Waals surface area (Å²) in [5.74, 6) is 0. The number of rotatable bonds is 4. The summed E-state index contributed by atoms with van der Waals surface area (Å²) < 4.78 is 0. The molecule has 4 heteroatoms. The van der Waals surface area contributed by atoms with E-state index in [1.165, 1.54) is 31.8 Å². The van der Waals surface area contributed by atoms with Crippen LogP contribution in [0, 0.1) is 6.92 Å². The number of aromatic nitrogens is 1. The van der Waals surface area contributed by atoms with E-state index >= 15 is 0 Å². The maximum absolute atomic E-state index is 6.16. The third kappa shape index (κ3) is 2.95. The second-order valence-corrected chi connectivity index (χ2v) is 6.56. The lowest BCUT2D eigenvalue weighted by atomic mass is 10.2. The molecule has 0 saturated heterocycles. The Bertz CT molecular complexity index is 780. The molecule has 0 aliphatic carbocycles. The Morgan fingerprint density at radius 2 is 2.05 bits per heavy atom. The van der Waals surface area contributed by atoms with Gasteiger partial charge in [-0.2, -0.15) is 0 Å². The highest BCUT2D eigenvalue weighted by Gasteiger charge is 2.10. The fourth-order valence-electron chi connectivity index (χ4n) is 2.44. The van der Waals surface area contributed by atoms with Gasteiger partial charge in [0, 0.05) is 38.5 Å². The van der Waals surface area contributed by atoms with Crippen molar-refractivity contribution in [2.75, 3.05) is 7.05 Å². The quantitative estimate of drug-likeness (QED) is 0.709. The normalized spacial score (nSPS) is 11.2. The zero-order chi connectivity index (χ0) is 14.8. The fourth-order valence-corrected chi connectivity index (χ4v) is 3.77. The lowest BCUT2D eigenvalue weighted by Crippen LogP contribution is -2.05. The van der Waals surface area contributed by atoms with Crippen molar-refractivity contribution in [1.29, 1.82) is 0 Å². The molecule has 2 N–H and O–H groups in total. The van der Waals surface area contributed by atoms with Gasteiger partial charge in [-0.25, -0.2) is 0 Å². The Hall–Kier alpha value is -1.42. The third-order valence-electron chi connectivity index (χ3n) is 3.50. The molecule has 0 aliphatic rings. The van der Waals surface area contributed by atoms with Crippen molar-refractivity contribution in [3.63, 3.8) is 0 Å². The van der Waals surface area contributed by atoms with Crippen molar-refractivity contribution < 1.29 is 0 Å². The summed E-state index contributed by atoms with van der Waals surface area (Å²) in [6.07, 6.45) is 2.08. The van der Waals surface area contributed by atoms with E-state index in [0.717, 1.165) is 11.6 Å². The van der Waals surface area contributed by atoms with Crippen molar-refractivity contribution in [2.24, 2.45) is 0 Å². The van der Waals surface area contributed by atoms with E-state index in [1.807, 2.05) is 19.2 Å². The fraction of sp³-hybridized carbons (Fsp3) is 0.176. The van der Waals surface area contributed by atoms with Gasteiger partial charge in [0.25, 0.3) is 0 Å². The summed E-state index contributed by atoms with van der Waals surface area (Å²) in [6, 6.07) is 12.4. The molecular formula is C17H17ClN2S. The molecule has 0 unspecified atom stereocenters. The molecule has 0 spiro atoms. The maximum atomic E-state index is 6.16. The minimum Gasteiger partial charge on any atom is -0.360 e. The standard InChI is InChI=1S/C17H17ClN2S/c1-11-4-3-5-14-16(10-20-17(11)14)21-15-8-13(18)7-6-12(15)9-19-2/h3-8,10,19-20H,9H2,1-2H3. The van der Waals surface area contributed by atoms with E-state index in [4.69, 9.17) is 11.6 Å². The molecule has 0 bridgehead atoms. The number of hydrogen-bond acceptors (Lipinski definition) is 2. The van der Waals surface area contributed by atoms with Gasteiger partial charge in [0.05, 0.1) is 0 Å². The number of hydrogen-bond donors (Lipinski definition) is 2. The minimum absolute atomic E-state index is 0.772. The molecule has 3 rings (SSSR count). The maximum Gasteiger partial charge on any atom is 0.0495 e. The van der Waals surface area contributed by atoms with Crippen LogP contribution in [0.2, 0.25) is 5.02 Å². The number of nitrogens with one attached hydrogen (secondary N) is 2. The molecule has 2 nitrogen and oxygen atoms in total. The first kappa shape index (κ1) is 14.5. The monoisotopic (exact) mass is 316 g/mol. The first-order valence-electron chi connectivity index (χ1n) is 6.86. The molecule has 21 heavy (non-hydrogen) atoms. The van der Waals surface area contributed by atoms with Gasteiger partial charge in [-0.05, 0) is 37.2 Å². The molecule has 1 heterocycles. The average molecular weight is 317 g/mol. The second-order valence-electron chi connectivity index (χ2n) is 5.03. The molecule has 0 radical (unpaired) electrons. The van der Waals surface area contributed by atoms with Crippen LogP contribution in [0.5, 0.6) is 0 Å². The number of para-hydroxylation sites is 1. The van der Waals surface area contributed by atoms with Crippen LogP contribution in [0.15, 0.2) is 52.4 Å². The predicted molar refractivity (Wildman–Crippen MR) is 91.4 cm³/mol. The molecule has 0 atom stereocenters. The van der Waals surface area contributed by atoms with E-state index in [0.29, 0.717) is 0 Å². The minimum atomic E-state index is 0.772. The van der Waals surface area contributed by atoms with Gasteiger partial charge >= 0.3 is 0 Å². The molecule has 1 aromatic heterocycles. The van der Waals surface area contributed by atoms with Crippen LogP contribution in [-0.2, 0) is 6.54 Å². The van der Waals surface area contributed by atoms with Gasteiger partial charge in [0.1, 0.15) is 0 Å². The van der Waals surface area contributed by atoms with Crippen molar-refractivity contribution in [3.8, 4) is 0 Å². The molecule has 0 aliphatic heterocycles. The SMILES string of the molecule is CNCc1ccc(Cl)cc1Sc1c[nH]c2c(C)cccc12. The Morgan fingerprint density at radius 1 is 1.19 bits per heavy atom.